The average molecular weight is 265 g/mol. The van der Waals surface area contributed by atoms with Crippen molar-refractivity contribution in [1.29, 1.82) is 0 Å². The minimum atomic E-state index is -0.185. The molecule has 1 aliphatic rings. The molecule has 2 N–H and O–H groups in total. The van der Waals surface area contributed by atoms with E-state index in [1.54, 1.807) is 13.0 Å². The van der Waals surface area contributed by atoms with Gasteiger partial charge >= 0.3 is 0 Å². The molecular weight excluding hydrogens is 241 g/mol. The van der Waals surface area contributed by atoms with Gasteiger partial charge in [-0.15, -0.1) is 0 Å². The maximum Gasteiger partial charge on any atom is 0.126 e. The lowest BCUT2D eigenvalue weighted by Gasteiger charge is -2.24. The van der Waals surface area contributed by atoms with E-state index >= 15 is 0 Å². The van der Waals surface area contributed by atoms with Crippen LogP contribution >= 0.6 is 0 Å². The maximum atomic E-state index is 13.3. The summed E-state index contributed by atoms with van der Waals surface area (Å²) >= 11 is 0. The van der Waals surface area contributed by atoms with Crippen molar-refractivity contribution in [2.24, 2.45) is 0 Å². The minimum absolute atomic E-state index is 0.0571. The Morgan fingerprint density at radius 1 is 1.26 bits per heavy atom. The summed E-state index contributed by atoms with van der Waals surface area (Å²) in [5.74, 6) is -0.185. The number of aryl methyl sites for hydroxylation is 1. The summed E-state index contributed by atoms with van der Waals surface area (Å²) in [6, 6.07) is 5.49. The van der Waals surface area contributed by atoms with E-state index in [-0.39, 0.29) is 18.5 Å². The van der Waals surface area contributed by atoms with Crippen LogP contribution in [0.3, 0.4) is 0 Å². The molecule has 1 aromatic rings. The fourth-order valence-corrected chi connectivity index (χ4v) is 2.87. The Hall–Kier alpha value is -0.930. The number of hydrogen-bond donors (Lipinski definition) is 2. The van der Waals surface area contributed by atoms with E-state index in [1.165, 1.54) is 44.6 Å². The molecule has 1 saturated carbocycles. The molecule has 0 amide bonds. The molecule has 19 heavy (non-hydrogen) atoms. The first-order chi connectivity index (χ1) is 9.20. The van der Waals surface area contributed by atoms with Crippen LogP contribution in [0.2, 0.25) is 0 Å². The summed E-state index contributed by atoms with van der Waals surface area (Å²) in [5, 5.41) is 13.1. The zero-order valence-corrected chi connectivity index (χ0v) is 11.7. The van der Waals surface area contributed by atoms with Crippen molar-refractivity contribution in [3.8, 4) is 0 Å². The summed E-state index contributed by atoms with van der Waals surface area (Å²) in [4.78, 5) is 0. The van der Waals surface area contributed by atoms with Crippen LogP contribution in [0.1, 0.15) is 55.7 Å². The second-order valence-electron chi connectivity index (χ2n) is 5.60. The first kappa shape index (κ1) is 14.5. The van der Waals surface area contributed by atoms with Gasteiger partial charge in [0.1, 0.15) is 5.82 Å². The van der Waals surface area contributed by atoms with E-state index in [0.29, 0.717) is 11.6 Å². The quantitative estimate of drug-likeness (QED) is 0.817. The van der Waals surface area contributed by atoms with Gasteiger partial charge in [0.25, 0.3) is 0 Å². The first-order valence-electron chi connectivity index (χ1n) is 7.33. The lowest BCUT2D eigenvalue weighted by molar-refractivity contribution is 0.228. The van der Waals surface area contributed by atoms with Gasteiger partial charge in [0.15, 0.2) is 0 Å². The SMILES string of the molecule is Cc1cc(C(CO)NC2CCCCCC2)ccc1F. The average Bonchev–Trinajstić information content (AvgIpc) is 2.68. The number of aliphatic hydroxyl groups is 1. The largest absolute Gasteiger partial charge is 0.394 e. The Morgan fingerprint density at radius 3 is 2.53 bits per heavy atom. The van der Waals surface area contributed by atoms with E-state index in [0.717, 1.165) is 5.56 Å². The Labute approximate surface area is 115 Å². The highest BCUT2D eigenvalue weighted by atomic mass is 19.1. The second-order valence-corrected chi connectivity index (χ2v) is 5.60. The number of hydrogen-bond acceptors (Lipinski definition) is 2. The second kappa shape index (κ2) is 7.01. The van der Waals surface area contributed by atoms with Crippen LogP contribution in [-0.4, -0.2) is 17.8 Å². The summed E-state index contributed by atoms with van der Waals surface area (Å²) in [6.45, 7) is 1.82. The molecule has 0 aliphatic heterocycles. The molecule has 0 radical (unpaired) electrons. The highest BCUT2D eigenvalue weighted by Gasteiger charge is 2.18. The third-order valence-corrected chi connectivity index (χ3v) is 4.06. The van der Waals surface area contributed by atoms with Crippen LogP contribution in [0.25, 0.3) is 0 Å². The highest BCUT2D eigenvalue weighted by molar-refractivity contribution is 5.26. The number of nitrogens with one attached hydrogen (secondary N) is 1. The minimum Gasteiger partial charge on any atom is -0.394 e. The smallest absolute Gasteiger partial charge is 0.126 e. The molecule has 0 aromatic heterocycles. The van der Waals surface area contributed by atoms with Crippen LogP contribution in [0.5, 0.6) is 0 Å². The number of aliphatic hydroxyl groups excluding tert-OH is 1. The molecular formula is C16H24FNO. The van der Waals surface area contributed by atoms with Crippen molar-refractivity contribution in [3.63, 3.8) is 0 Å². The molecule has 1 aliphatic carbocycles. The first-order valence-corrected chi connectivity index (χ1v) is 7.33. The zero-order chi connectivity index (χ0) is 13.7. The van der Waals surface area contributed by atoms with Crippen LogP contribution in [-0.2, 0) is 0 Å². The fraction of sp³-hybridized carbons (Fsp3) is 0.625. The molecule has 106 valence electrons. The van der Waals surface area contributed by atoms with Gasteiger partial charge in [-0.3, -0.25) is 0 Å². The van der Waals surface area contributed by atoms with Crippen LogP contribution < -0.4 is 5.32 Å². The molecule has 0 heterocycles. The molecule has 1 fully saturated rings. The molecule has 0 bridgehead atoms. The summed E-state index contributed by atoms with van der Waals surface area (Å²) < 4.78 is 13.3. The monoisotopic (exact) mass is 265 g/mol. The molecule has 0 spiro atoms. The third kappa shape index (κ3) is 4.02. The van der Waals surface area contributed by atoms with Gasteiger partial charge in [0.05, 0.1) is 12.6 Å². The molecule has 1 atom stereocenters. The summed E-state index contributed by atoms with van der Waals surface area (Å²) in [5.41, 5.74) is 1.62. The van der Waals surface area contributed by atoms with Crippen molar-refractivity contribution >= 4 is 0 Å². The molecule has 1 aromatic carbocycles. The molecule has 0 saturated heterocycles. The lowest BCUT2D eigenvalue weighted by Crippen LogP contribution is -2.34. The highest BCUT2D eigenvalue weighted by Crippen LogP contribution is 2.22. The summed E-state index contributed by atoms with van der Waals surface area (Å²) in [6.07, 6.45) is 7.51. The van der Waals surface area contributed by atoms with Gasteiger partial charge < -0.3 is 10.4 Å². The van der Waals surface area contributed by atoms with E-state index in [2.05, 4.69) is 5.32 Å². The normalized spacial score (nSPS) is 19.1. The van der Waals surface area contributed by atoms with E-state index in [1.807, 2.05) is 6.07 Å². The lowest BCUT2D eigenvalue weighted by atomic mass is 10.0. The molecule has 1 unspecified atom stereocenters. The van der Waals surface area contributed by atoms with Crippen LogP contribution in [0.4, 0.5) is 4.39 Å². The number of rotatable bonds is 4. The maximum absolute atomic E-state index is 13.3. The summed E-state index contributed by atoms with van der Waals surface area (Å²) in [7, 11) is 0. The molecule has 2 rings (SSSR count). The number of benzene rings is 1. The Bertz CT molecular complexity index is 400. The molecule has 2 nitrogen and oxygen atoms in total. The van der Waals surface area contributed by atoms with Crippen molar-refractivity contribution in [2.45, 2.75) is 57.5 Å². The van der Waals surface area contributed by atoms with Crippen molar-refractivity contribution < 1.29 is 9.50 Å². The van der Waals surface area contributed by atoms with Gasteiger partial charge in [-0.2, -0.15) is 0 Å². The predicted octanol–water partition coefficient (Wildman–Crippen LogP) is 3.48. The van der Waals surface area contributed by atoms with Crippen molar-refractivity contribution in [1.82, 2.24) is 5.32 Å². The topological polar surface area (TPSA) is 32.3 Å². The van der Waals surface area contributed by atoms with Gasteiger partial charge in [-0.1, -0.05) is 37.8 Å². The Balaban J connectivity index is 2.03. The van der Waals surface area contributed by atoms with Gasteiger partial charge in [-0.25, -0.2) is 4.39 Å². The predicted molar refractivity (Wildman–Crippen MR) is 75.6 cm³/mol. The van der Waals surface area contributed by atoms with Gasteiger partial charge in [0, 0.05) is 6.04 Å². The standard InChI is InChI=1S/C16H24FNO/c1-12-10-13(8-9-15(12)17)16(11-19)18-14-6-4-2-3-5-7-14/h8-10,14,16,18-19H,2-7,11H2,1H3. The van der Waals surface area contributed by atoms with Gasteiger partial charge in [0.2, 0.25) is 0 Å². The van der Waals surface area contributed by atoms with E-state index in [4.69, 9.17) is 0 Å². The third-order valence-electron chi connectivity index (χ3n) is 4.06. The number of halogens is 1. The van der Waals surface area contributed by atoms with Crippen LogP contribution in [0.15, 0.2) is 18.2 Å². The van der Waals surface area contributed by atoms with E-state index in [9.17, 15) is 9.50 Å². The zero-order valence-electron chi connectivity index (χ0n) is 11.7. The molecule has 3 heteroatoms. The van der Waals surface area contributed by atoms with Crippen molar-refractivity contribution in [3.05, 3.63) is 35.1 Å². The fourth-order valence-electron chi connectivity index (χ4n) is 2.87. The van der Waals surface area contributed by atoms with Crippen molar-refractivity contribution in [2.75, 3.05) is 6.61 Å². The van der Waals surface area contributed by atoms with Crippen LogP contribution in [0, 0.1) is 12.7 Å². The van der Waals surface area contributed by atoms with Gasteiger partial charge in [-0.05, 0) is 37.0 Å². The Kier molecular flexibility index (Phi) is 5.34. The Morgan fingerprint density at radius 2 is 1.95 bits per heavy atom. The van der Waals surface area contributed by atoms with E-state index < -0.39 is 0 Å².